The smallest absolute Gasteiger partial charge is 0.390 e. The molecular formula is C66H54Cl3F12N9O9. The summed E-state index contributed by atoms with van der Waals surface area (Å²) in [5, 5.41) is 30.8. The molecule has 3 aliphatic heterocycles. The molecule has 3 saturated heterocycles. The standard InChI is InChI=1S/3C22H18ClF4N3O3/c3*23-14-5-15(24)18(28-6-14)30-8-16(31)29(7-12-1-3-13(4-2-12)22(25,26)27)17(19(30)32)20-9-21(33,10-20)11-20/h3*1-6,17,33H,7-11H2/t2*17-,20?,21?;/m10./s1. The van der Waals surface area contributed by atoms with Gasteiger partial charge in [0.25, 0.3) is 17.7 Å². The average molecular weight is 1450 g/mol. The molecule has 6 heterocycles. The van der Waals surface area contributed by atoms with Crippen LogP contribution >= 0.6 is 34.8 Å². The molecule has 0 spiro atoms. The summed E-state index contributed by atoms with van der Waals surface area (Å²) in [6.07, 6.45) is -7.10. The number of piperazine rings is 3. The summed E-state index contributed by atoms with van der Waals surface area (Å²) < 4.78 is 159. The number of alkyl halides is 9. The van der Waals surface area contributed by atoms with Gasteiger partial charge in [-0.05, 0) is 129 Å². The summed E-state index contributed by atoms with van der Waals surface area (Å²) in [6, 6.07) is 13.1. The van der Waals surface area contributed by atoms with Crippen LogP contribution in [0.25, 0.3) is 0 Å². The van der Waals surface area contributed by atoms with Gasteiger partial charge in [0.1, 0.15) is 37.8 Å². The number of amides is 6. The van der Waals surface area contributed by atoms with Gasteiger partial charge >= 0.3 is 18.5 Å². The lowest BCUT2D eigenvalue weighted by Crippen LogP contribution is -2.78. The minimum atomic E-state index is -4.49. The van der Waals surface area contributed by atoms with E-state index in [2.05, 4.69) is 15.0 Å². The number of anilines is 3. The van der Waals surface area contributed by atoms with E-state index in [1.165, 1.54) is 69.7 Å². The number of benzene rings is 3. The van der Waals surface area contributed by atoms with Gasteiger partial charge in [-0.3, -0.25) is 43.5 Å². The molecular weight excluding hydrogens is 1400 g/mol. The lowest BCUT2D eigenvalue weighted by atomic mass is 9.38. The second-order valence-corrected chi connectivity index (χ2v) is 28.7. The number of nitrogens with zero attached hydrogens (tertiary/aromatic N) is 9. The third-order valence-corrected chi connectivity index (χ3v) is 20.8. The van der Waals surface area contributed by atoms with Crippen molar-refractivity contribution in [3.8, 4) is 0 Å². The van der Waals surface area contributed by atoms with Crippen molar-refractivity contribution in [2.24, 2.45) is 16.2 Å². The van der Waals surface area contributed by atoms with Gasteiger partial charge in [0.05, 0.1) is 48.6 Å². The van der Waals surface area contributed by atoms with Crippen LogP contribution < -0.4 is 14.7 Å². The minimum Gasteiger partial charge on any atom is -0.390 e. The molecule has 3 aromatic heterocycles. The molecule has 12 fully saturated rings. The second-order valence-electron chi connectivity index (χ2n) is 27.4. The molecule has 0 radical (unpaired) electrons. The number of halogens is 15. The van der Waals surface area contributed by atoms with E-state index >= 15 is 0 Å². The number of rotatable bonds is 12. The Morgan fingerprint density at radius 2 is 0.596 bits per heavy atom. The highest BCUT2D eigenvalue weighted by atomic mass is 35.5. The fourth-order valence-electron chi connectivity index (χ4n) is 16.1. The van der Waals surface area contributed by atoms with E-state index in [9.17, 15) is 96.8 Å². The highest BCUT2D eigenvalue weighted by Crippen LogP contribution is 2.72. The number of hydrogen-bond donors (Lipinski definition) is 3. The Kier molecular flexibility index (Phi) is 16.8. The molecule has 9 aliphatic carbocycles. The van der Waals surface area contributed by atoms with Gasteiger partial charge in [-0.25, -0.2) is 28.1 Å². The van der Waals surface area contributed by atoms with Gasteiger partial charge in [-0.15, -0.1) is 0 Å². The molecule has 1 unspecified atom stereocenters. The summed E-state index contributed by atoms with van der Waals surface area (Å²) in [5.41, 5.74) is -5.77. The Balaban J connectivity index is 0.000000133. The second kappa shape index (κ2) is 24.0. The number of aliphatic hydroxyl groups is 3. The summed E-state index contributed by atoms with van der Waals surface area (Å²) in [5.74, 6) is -6.62. The molecule has 6 bridgehead atoms. The van der Waals surface area contributed by atoms with Gasteiger partial charge in [0.2, 0.25) is 17.7 Å². The van der Waals surface area contributed by atoms with Crippen LogP contribution in [-0.2, 0) is 66.9 Å². The molecule has 3 aromatic carbocycles. The monoisotopic (exact) mass is 1450 g/mol. The van der Waals surface area contributed by atoms with Crippen molar-refractivity contribution in [2.75, 3.05) is 34.3 Å². The first-order valence-electron chi connectivity index (χ1n) is 30.6. The summed E-state index contributed by atoms with van der Waals surface area (Å²) >= 11 is 17.2. The maximum atomic E-state index is 14.5. The fraction of sp³-hybridized carbons (Fsp3) is 0.409. The Hall–Kier alpha value is -8.16. The molecule has 18 nitrogen and oxygen atoms in total. The van der Waals surface area contributed by atoms with Crippen LogP contribution in [0.3, 0.4) is 0 Å². The number of carbonyl (C=O) groups excluding carboxylic acids is 6. The lowest BCUT2D eigenvalue weighted by Gasteiger charge is -2.71. The molecule has 12 aliphatic rings. The number of pyridine rings is 3. The molecule has 6 aromatic rings. The fourth-order valence-corrected chi connectivity index (χ4v) is 16.6. The zero-order valence-corrected chi connectivity index (χ0v) is 53.5. The highest BCUT2D eigenvalue weighted by Gasteiger charge is 2.76. The van der Waals surface area contributed by atoms with Crippen LogP contribution in [-0.4, -0.2) is 135 Å². The van der Waals surface area contributed by atoms with Crippen LogP contribution in [0, 0.1) is 33.7 Å². The zero-order chi connectivity index (χ0) is 71.3. The summed E-state index contributed by atoms with van der Waals surface area (Å²) in [7, 11) is 0. The van der Waals surface area contributed by atoms with E-state index < -0.39 is 159 Å². The van der Waals surface area contributed by atoms with E-state index in [0.29, 0.717) is 74.5 Å². The van der Waals surface area contributed by atoms with Gasteiger partial charge in [-0.2, -0.15) is 39.5 Å². The molecule has 6 amide bonds. The maximum absolute atomic E-state index is 14.5. The van der Waals surface area contributed by atoms with Crippen molar-refractivity contribution in [3.05, 3.63) is 175 Å². The quantitative estimate of drug-likeness (QED) is 0.0974. The van der Waals surface area contributed by atoms with Gasteiger partial charge in [0, 0.05) is 54.5 Å². The molecule has 99 heavy (non-hydrogen) atoms. The van der Waals surface area contributed by atoms with E-state index in [-0.39, 0.29) is 52.2 Å². The van der Waals surface area contributed by atoms with Crippen molar-refractivity contribution in [3.63, 3.8) is 0 Å². The Labute approximate surface area is 568 Å². The van der Waals surface area contributed by atoms with Crippen molar-refractivity contribution >= 4 is 87.7 Å². The van der Waals surface area contributed by atoms with E-state index in [4.69, 9.17) is 34.8 Å². The third kappa shape index (κ3) is 12.6. The van der Waals surface area contributed by atoms with Crippen LogP contribution in [0.1, 0.15) is 91.2 Å². The van der Waals surface area contributed by atoms with Gasteiger partial charge in [-0.1, -0.05) is 71.2 Å². The zero-order valence-electron chi connectivity index (χ0n) is 51.2. The Morgan fingerprint density at radius 3 is 0.778 bits per heavy atom. The normalized spacial score (nSPS) is 29.1. The van der Waals surface area contributed by atoms with Crippen LogP contribution in [0.4, 0.5) is 70.1 Å². The SMILES string of the molecule is O=C1C(C23CC(O)(C2)C3)N(Cc2ccc(C(F)(F)F)cc2)C(=O)CN1c1ncc(Cl)cc1F.O=C1[C@@H](C23CC(O)(C2)C3)N(Cc2ccc(C(F)(F)F)cc2)C(=O)CN1c1ncc(Cl)cc1F.O=C1[C@H](C23CC(O)(C2)C3)N(Cc2ccc(C(F)(F)F)cc2)C(=O)CN1c1ncc(Cl)cc1F. The molecule has 3 atom stereocenters. The predicted octanol–water partition coefficient (Wildman–Crippen LogP) is 10.7. The van der Waals surface area contributed by atoms with Crippen LogP contribution in [0.15, 0.2) is 110 Å². The summed E-state index contributed by atoms with van der Waals surface area (Å²) in [6.45, 7) is -1.67. The first-order chi connectivity index (χ1) is 46.2. The topological polar surface area (TPSA) is 221 Å². The van der Waals surface area contributed by atoms with Crippen molar-refractivity contribution in [1.29, 1.82) is 0 Å². The maximum Gasteiger partial charge on any atom is 0.416 e. The molecule has 522 valence electrons. The van der Waals surface area contributed by atoms with Crippen LogP contribution in [0.5, 0.6) is 0 Å². The van der Waals surface area contributed by atoms with Crippen molar-refractivity contribution in [1.82, 2.24) is 29.7 Å². The van der Waals surface area contributed by atoms with Crippen LogP contribution in [0.2, 0.25) is 15.1 Å². The highest BCUT2D eigenvalue weighted by molar-refractivity contribution is 6.31. The molecule has 33 heteroatoms. The van der Waals surface area contributed by atoms with Gasteiger partial charge < -0.3 is 30.0 Å². The minimum absolute atomic E-state index is 0.0363. The Bertz CT molecular complexity index is 3830. The van der Waals surface area contributed by atoms with Gasteiger partial charge in [0.15, 0.2) is 34.9 Å². The summed E-state index contributed by atoms with van der Waals surface area (Å²) in [4.78, 5) is 98.6. The number of aromatic nitrogens is 3. The molecule has 3 N–H and O–H groups in total. The van der Waals surface area contributed by atoms with E-state index in [0.717, 1.165) is 69.3 Å². The largest absolute Gasteiger partial charge is 0.416 e. The molecule has 9 saturated carbocycles. The average Bonchev–Trinajstić information content (AvgIpc) is 0.684. The van der Waals surface area contributed by atoms with E-state index in [1.807, 2.05) is 0 Å². The number of hydrogen-bond acceptors (Lipinski definition) is 12. The van der Waals surface area contributed by atoms with Crippen molar-refractivity contribution < 1.29 is 96.8 Å². The van der Waals surface area contributed by atoms with E-state index in [1.54, 1.807) is 0 Å². The first-order valence-corrected chi connectivity index (χ1v) is 31.8. The molecule has 18 rings (SSSR count). The number of carbonyl (C=O) groups is 6. The Morgan fingerprint density at radius 1 is 0.384 bits per heavy atom. The van der Waals surface area contributed by atoms with Crippen molar-refractivity contribution in [2.45, 2.75) is 131 Å². The lowest BCUT2D eigenvalue weighted by molar-refractivity contribution is -0.280. The first kappa shape index (κ1) is 69.3. The third-order valence-electron chi connectivity index (χ3n) is 20.2. The predicted molar refractivity (Wildman–Crippen MR) is 326 cm³/mol.